The average molecular weight is 342 g/mol. The summed E-state index contributed by atoms with van der Waals surface area (Å²) in [7, 11) is 0. The number of anilines is 1. The van der Waals surface area contributed by atoms with Crippen LogP contribution in [-0.2, 0) is 6.42 Å². The van der Waals surface area contributed by atoms with Crippen LogP contribution in [0.3, 0.4) is 0 Å². The summed E-state index contributed by atoms with van der Waals surface area (Å²) >= 11 is 1.67. The van der Waals surface area contributed by atoms with Gasteiger partial charge < -0.3 is 10.6 Å². The third-order valence-corrected chi connectivity index (χ3v) is 4.64. The highest BCUT2D eigenvalue weighted by Crippen LogP contribution is 2.22. The molecule has 0 aliphatic heterocycles. The van der Waals surface area contributed by atoms with Crippen molar-refractivity contribution < 1.29 is 4.79 Å². The van der Waals surface area contributed by atoms with Gasteiger partial charge in [0.05, 0.1) is 28.3 Å². The largest absolute Gasteiger partial charge is 0.337 e. The topological polar surface area (TPSA) is 95.6 Å². The molecule has 0 aliphatic rings. The van der Waals surface area contributed by atoms with Gasteiger partial charge in [-0.3, -0.25) is 10.1 Å². The van der Waals surface area contributed by atoms with Gasteiger partial charge in [0, 0.05) is 24.0 Å². The second-order valence-corrected chi connectivity index (χ2v) is 6.54. The summed E-state index contributed by atoms with van der Waals surface area (Å²) in [6.45, 7) is 4.57. The summed E-state index contributed by atoms with van der Waals surface area (Å²) in [6, 6.07) is 5.29. The fourth-order valence-electron chi connectivity index (χ4n) is 2.18. The van der Waals surface area contributed by atoms with Crippen molar-refractivity contribution in [2.24, 2.45) is 0 Å². The lowest BCUT2D eigenvalue weighted by Crippen LogP contribution is -2.30. The first-order chi connectivity index (χ1) is 11.6. The molecule has 3 rings (SSSR count). The van der Waals surface area contributed by atoms with Gasteiger partial charge in [-0.05, 0) is 26.0 Å². The molecule has 7 nitrogen and oxygen atoms in total. The monoisotopic (exact) mass is 342 g/mol. The van der Waals surface area contributed by atoms with Gasteiger partial charge in [-0.15, -0.1) is 11.3 Å². The molecule has 0 bridgehead atoms. The first kappa shape index (κ1) is 16.1. The minimum absolute atomic E-state index is 0.279. The van der Waals surface area contributed by atoms with E-state index in [-0.39, 0.29) is 6.03 Å². The lowest BCUT2D eigenvalue weighted by molar-refractivity contribution is 0.252. The van der Waals surface area contributed by atoms with E-state index >= 15 is 0 Å². The van der Waals surface area contributed by atoms with Crippen molar-refractivity contribution in [3.05, 3.63) is 46.2 Å². The Bertz CT molecular complexity index is 807. The van der Waals surface area contributed by atoms with Crippen molar-refractivity contribution in [3.63, 3.8) is 0 Å². The molecule has 3 aromatic heterocycles. The molecule has 124 valence electrons. The number of carbonyl (C=O) groups is 1. The van der Waals surface area contributed by atoms with Crippen LogP contribution in [0.5, 0.6) is 0 Å². The number of nitrogens with zero attached hydrogens (tertiary/aromatic N) is 3. The fourth-order valence-corrected chi connectivity index (χ4v) is 3.12. The number of rotatable bonds is 5. The summed E-state index contributed by atoms with van der Waals surface area (Å²) < 4.78 is 0. The molecule has 3 aromatic rings. The number of pyridine rings is 1. The van der Waals surface area contributed by atoms with Crippen molar-refractivity contribution in [2.75, 3.05) is 11.9 Å². The lowest BCUT2D eigenvalue weighted by atomic mass is 10.2. The molecule has 0 aliphatic carbocycles. The average Bonchev–Trinajstić information content (AvgIpc) is 3.15. The molecule has 0 radical (unpaired) electrons. The predicted molar refractivity (Wildman–Crippen MR) is 94.1 cm³/mol. The molecular weight excluding hydrogens is 324 g/mol. The minimum Gasteiger partial charge on any atom is -0.337 e. The van der Waals surface area contributed by atoms with Gasteiger partial charge in [-0.1, -0.05) is 6.07 Å². The number of thiazole rings is 1. The molecule has 0 atom stereocenters. The molecule has 0 unspecified atom stereocenters. The maximum Gasteiger partial charge on any atom is 0.319 e. The molecule has 0 fully saturated rings. The molecule has 2 amide bonds. The molecule has 3 heterocycles. The Morgan fingerprint density at radius 2 is 2.21 bits per heavy atom. The van der Waals surface area contributed by atoms with E-state index in [1.165, 1.54) is 4.88 Å². The van der Waals surface area contributed by atoms with Crippen LogP contribution in [0.25, 0.3) is 11.4 Å². The summed E-state index contributed by atoms with van der Waals surface area (Å²) in [4.78, 5) is 22.0. The zero-order valence-corrected chi connectivity index (χ0v) is 14.3. The number of urea groups is 1. The van der Waals surface area contributed by atoms with Gasteiger partial charge in [0.15, 0.2) is 0 Å². The Kier molecular flexibility index (Phi) is 4.85. The van der Waals surface area contributed by atoms with Crippen molar-refractivity contribution in [1.29, 1.82) is 0 Å². The molecule has 3 N–H and O–H groups in total. The van der Waals surface area contributed by atoms with E-state index in [1.54, 1.807) is 23.7 Å². The number of aromatic nitrogens is 4. The zero-order valence-electron chi connectivity index (χ0n) is 13.5. The van der Waals surface area contributed by atoms with Gasteiger partial charge in [-0.2, -0.15) is 5.10 Å². The zero-order chi connectivity index (χ0) is 16.9. The van der Waals surface area contributed by atoms with Gasteiger partial charge >= 0.3 is 6.03 Å². The van der Waals surface area contributed by atoms with Crippen molar-refractivity contribution in [3.8, 4) is 11.4 Å². The molecule has 24 heavy (non-hydrogen) atoms. The summed E-state index contributed by atoms with van der Waals surface area (Å²) in [5.74, 6) is 0. The Balaban J connectivity index is 1.55. The van der Waals surface area contributed by atoms with Crippen LogP contribution in [0.1, 0.15) is 15.6 Å². The fraction of sp³-hybridized carbons (Fsp3) is 0.250. The number of aromatic amines is 1. The third-order valence-electron chi connectivity index (χ3n) is 3.51. The maximum absolute atomic E-state index is 12.1. The first-order valence-electron chi connectivity index (χ1n) is 7.56. The number of carbonyl (C=O) groups excluding carboxylic acids is 1. The van der Waals surface area contributed by atoms with Crippen LogP contribution < -0.4 is 10.6 Å². The highest BCUT2D eigenvalue weighted by Gasteiger charge is 2.11. The molecular formula is C16H18N6OS. The number of H-pyrrole nitrogens is 1. The van der Waals surface area contributed by atoms with Crippen molar-refractivity contribution in [2.45, 2.75) is 20.3 Å². The van der Waals surface area contributed by atoms with Crippen LogP contribution in [-0.4, -0.2) is 32.7 Å². The van der Waals surface area contributed by atoms with E-state index in [4.69, 9.17) is 0 Å². The Hall–Kier alpha value is -2.74. The van der Waals surface area contributed by atoms with Crippen LogP contribution in [0.15, 0.2) is 30.6 Å². The number of hydrogen-bond acceptors (Lipinski definition) is 5. The van der Waals surface area contributed by atoms with E-state index in [9.17, 15) is 4.79 Å². The van der Waals surface area contributed by atoms with Crippen LogP contribution in [0.4, 0.5) is 10.5 Å². The van der Waals surface area contributed by atoms with Crippen LogP contribution >= 0.6 is 11.3 Å². The van der Waals surface area contributed by atoms with Gasteiger partial charge in [-0.25, -0.2) is 9.78 Å². The van der Waals surface area contributed by atoms with Crippen molar-refractivity contribution in [1.82, 2.24) is 25.5 Å². The SMILES string of the molecule is Cc1nc(CCNC(=O)Nc2cn[nH]c2-c2ccccn2)sc1C. The second kappa shape index (κ2) is 7.22. The van der Waals surface area contributed by atoms with E-state index in [1.807, 2.05) is 25.1 Å². The van der Waals surface area contributed by atoms with Gasteiger partial charge in [0.25, 0.3) is 0 Å². The molecule has 0 spiro atoms. The normalized spacial score (nSPS) is 10.6. The maximum atomic E-state index is 12.1. The van der Waals surface area contributed by atoms with Gasteiger partial charge in [0.2, 0.25) is 0 Å². The highest BCUT2D eigenvalue weighted by molar-refractivity contribution is 7.11. The molecule has 0 saturated carbocycles. The Labute approximate surface area is 143 Å². The third kappa shape index (κ3) is 3.77. The standard InChI is InChI=1S/C16H18N6OS/c1-10-11(2)24-14(20-10)6-8-18-16(23)21-13-9-19-22-15(13)12-5-3-4-7-17-12/h3-5,7,9H,6,8H2,1-2H3,(H,19,22)(H2,18,21,23). The molecule has 0 aromatic carbocycles. The van der Waals surface area contributed by atoms with Crippen LogP contribution in [0.2, 0.25) is 0 Å². The van der Waals surface area contributed by atoms with E-state index < -0.39 is 0 Å². The summed E-state index contributed by atoms with van der Waals surface area (Å²) in [5.41, 5.74) is 3.04. The number of nitrogens with one attached hydrogen (secondary N) is 3. The first-order valence-corrected chi connectivity index (χ1v) is 8.37. The Morgan fingerprint density at radius 1 is 1.33 bits per heavy atom. The highest BCUT2D eigenvalue weighted by atomic mass is 32.1. The smallest absolute Gasteiger partial charge is 0.319 e. The van der Waals surface area contributed by atoms with E-state index in [0.717, 1.165) is 16.4 Å². The number of hydrogen-bond donors (Lipinski definition) is 3. The number of amides is 2. The van der Waals surface area contributed by atoms with Crippen LogP contribution in [0, 0.1) is 13.8 Å². The number of aryl methyl sites for hydroxylation is 2. The van der Waals surface area contributed by atoms with E-state index in [0.29, 0.717) is 24.3 Å². The molecule has 0 saturated heterocycles. The minimum atomic E-state index is -0.279. The van der Waals surface area contributed by atoms with E-state index in [2.05, 4.69) is 37.7 Å². The second-order valence-electron chi connectivity index (χ2n) is 5.25. The Morgan fingerprint density at radius 3 is 2.92 bits per heavy atom. The van der Waals surface area contributed by atoms with Crippen molar-refractivity contribution >= 4 is 23.1 Å². The quantitative estimate of drug-likeness (QED) is 0.664. The summed E-state index contributed by atoms with van der Waals surface area (Å²) in [5, 5.41) is 13.5. The summed E-state index contributed by atoms with van der Waals surface area (Å²) in [6.07, 6.45) is 3.97. The predicted octanol–water partition coefficient (Wildman–Crippen LogP) is 2.91. The molecule has 8 heteroatoms. The van der Waals surface area contributed by atoms with Gasteiger partial charge in [0.1, 0.15) is 5.69 Å². The lowest BCUT2D eigenvalue weighted by Gasteiger charge is -2.07.